The highest BCUT2D eigenvalue weighted by Gasteiger charge is 2.41. The monoisotopic (exact) mass is 304 g/mol. The molecule has 0 saturated carbocycles. The van der Waals surface area contributed by atoms with Crippen molar-refractivity contribution in [1.82, 2.24) is 9.47 Å². The van der Waals surface area contributed by atoms with E-state index in [9.17, 15) is 4.79 Å². The molecule has 2 bridgehead atoms. The second-order valence-electron chi connectivity index (χ2n) is 5.95. The molecule has 2 aliphatic rings. The zero-order valence-electron chi connectivity index (χ0n) is 11.9. The standard InChI is InChI=1S/C16H17ClN2O2/c1-18-7-14(13-6-10(17)2-5-15(13)18)16(20)19-11-3-4-12(19)9-21-8-11/h2,5-7,11-12H,3-4,8-9H2,1H3. The third-order valence-electron chi connectivity index (χ3n) is 4.66. The van der Waals surface area contributed by atoms with Gasteiger partial charge in [-0.05, 0) is 31.0 Å². The summed E-state index contributed by atoms with van der Waals surface area (Å²) < 4.78 is 7.55. The summed E-state index contributed by atoms with van der Waals surface area (Å²) in [5.41, 5.74) is 1.78. The molecule has 0 spiro atoms. The number of hydrogen-bond acceptors (Lipinski definition) is 2. The van der Waals surface area contributed by atoms with Crippen LogP contribution in [0.25, 0.3) is 10.9 Å². The van der Waals surface area contributed by atoms with Gasteiger partial charge in [0.25, 0.3) is 5.91 Å². The van der Waals surface area contributed by atoms with Gasteiger partial charge in [0.15, 0.2) is 0 Å². The van der Waals surface area contributed by atoms with Crippen LogP contribution in [0, 0.1) is 0 Å². The molecule has 2 aliphatic heterocycles. The van der Waals surface area contributed by atoms with E-state index in [1.807, 2.05) is 40.9 Å². The summed E-state index contributed by atoms with van der Waals surface area (Å²) in [5.74, 6) is 0.110. The lowest BCUT2D eigenvalue weighted by molar-refractivity contribution is -0.00706. The zero-order valence-corrected chi connectivity index (χ0v) is 12.6. The molecule has 2 unspecified atom stereocenters. The molecule has 0 N–H and O–H groups in total. The molecule has 5 heteroatoms. The fourth-order valence-electron chi connectivity index (χ4n) is 3.63. The minimum absolute atomic E-state index is 0.110. The van der Waals surface area contributed by atoms with E-state index in [1.165, 1.54) is 0 Å². The molecule has 2 atom stereocenters. The van der Waals surface area contributed by atoms with Crippen LogP contribution in [0.2, 0.25) is 5.02 Å². The second kappa shape index (κ2) is 4.75. The second-order valence-corrected chi connectivity index (χ2v) is 6.39. The molecule has 1 aromatic carbocycles. The number of morpholine rings is 1. The van der Waals surface area contributed by atoms with Crippen molar-refractivity contribution < 1.29 is 9.53 Å². The van der Waals surface area contributed by atoms with Gasteiger partial charge >= 0.3 is 0 Å². The Kier molecular flexibility index (Phi) is 2.98. The average Bonchev–Trinajstić information content (AvgIpc) is 2.92. The molecule has 4 nitrogen and oxygen atoms in total. The maximum atomic E-state index is 13.0. The van der Waals surface area contributed by atoms with Crippen molar-refractivity contribution in [3.8, 4) is 0 Å². The first-order chi connectivity index (χ1) is 10.1. The number of hydrogen-bond donors (Lipinski definition) is 0. The summed E-state index contributed by atoms with van der Waals surface area (Å²) in [6, 6.07) is 6.15. The molecule has 1 aromatic heterocycles. The van der Waals surface area contributed by atoms with Crippen LogP contribution in [-0.2, 0) is 11.8 Å². The summed E-state index contributed by atoms with van der Waals surface area (Å²) in [5, 5.41) is 1.59. The van der Waals surface area contributed by atoms with E-state index in [4.69, 9.17) is 16.3 Å². The summed E-state index contributed by atoms with van der Waals surface area (Å²) in [6.07, 6.45) is 4.00. The van der Waals surface area contributed by atoms with Gasteiger partial charge in [-0.1, -0.05) is 11.6 Å². The van der Waals surface area contributed by atoms with Crippen molar-refractivity contribution >= 4 is 28.4 Å². The van der Waals surface area contributed by atoms with Gasteiger partial charge in [-0.25, -0.2) is 0 Å². The van der Waals surface area contributed by atoms with Crippen LogP contribution in [0.1, 0.15) is 23.2 Å². The third kappa shape index (κ3) is 1.97. The van der Waals surface area contributed by atoms with E-state index in [0.29, 0.717) is 18.2 Å². The number of halogens is 1. The molecule has 21 heavy (non-hydrogen) atoms. The van der Waals surface area contributed by atoms with Crippen LogP contribution < -0.4 is 0 Å². The molecular weight excluding hydrogens is 288 g/mol. The minimum atomic E-state index is 0.110. The number of amides is 1. The SMILES string of the molecule is Cn1cc(C(=O)N2C3CCC2COC3)c2cc(Cl)ccc21. The highest BCUT2D eigenvalue weighted by Crippen LogP contribution is 2.33. The van der Waals surface area contributed by atoms with Crippen LogP contribution in [0.3, 0.4) is 0 Å². The Morgan fingerprint density at radius 3 is 2.71 bits per heavy atom. The summed E-state index contributed by atoms with van der Waals surface area (Å²) in [7, 11) is 1.96. The van der Waals surface area contributed by atoms with Crippen LogP contribution in [0.15, 0.2) is 24.4 Å². The number of carbonyl (C=O) groups excluding carboxylic acids is 1. The van der Waals surface area contributed by atoms with E-state index >= 15 is 0 Å². The van der Waals surface area contributed by atoms with Crippen molar-refractivity contribution in [2.24, 2.45) is 7.05 Å². The topological polar surface area (TPSA) is 34.5 Å². The molecular formula is C16H17ClN2O2. The number of fused-ring (bicyclic) bond motifs is 3. The van der Waals surface area contributed by atoms with E-state index < -0.39 is 0 Å². The molecule has 0 radical (unpaired) electrons. The van der Waals surface area contributed by atoms with E-state index in [0.717, 1.165) is 29.3 Å². The Bertz CT molecular complexity index is 708. The highest BCUT2D eigenvalue weighted by molar-refractivity contribution is 6.31. The van der Waals surface area contributed by atoms with Gasteiger partial charge in [0.2, 0.25) is 0 Å². The van der Waals surface area contributed by atoms with Gasteiger partial charge in [0.05, 0.1) is 30.9 Å². The predicted octanol–water partition coefficient (Wildman–Crippen LogP) is 2.84. The Balaban J connectivity index is 1.79. The molecule has 2 saturated heterocycles. The van der Waals surface area contributed by atoms with Gasteiger partial charge in [-0.2, -0.15) is 0 Å². The number of rotatable bonds is 1. The van der Waals surface area contributed by atoms with Gasteiger partial charge in [-0.3, -0.25) is 4.79 Å². The van der Waals surface area contributed by atoms with Crippen molar-refractivity contribution in [2.45, 2.75) is 24.9 Å². The molecule has 2 aromatic rings. The highest BCUT2D eigenvalue weighted by atomic mass is 35.5. The lowest BCUT2D eigenvalue weighted by atomic mass is 10.1. The Labute approximate surface area is 128 Å². The average molecular weight is 305 g/mol. The number of benzene rings is 1. The summed E-state index contributed by atoms with van der Waals surface area (Å²) >= 11 is 6.11. The molecule has 1 amide bonds. The van der Waals surface area contributed by atoms with Crippen LogP contribution in [0.5, 0.6) is 0 Å². The van der Waals surface area contributed by atoms with E-state index in [2.05, 4.69) is 0 Å². The first-order valence-electron chi connectivity index (χ1n) is 7.30. The number of aryl methyl sites for hydroxylation is 1. The van der Waals surface area contributed by atoms with Crippen molar-refractivity contribution in [1.29, 1.82) is 0 Å². The quantitative estimate of drug-likeness (QED) is 0.812. The lowest BCUT2D eigenvalue weighted by Gasteiger charge is -2.34. The molecule has 110 valence electrons. The van der Waals surface area contributed by atoms with E-state index in [1.54, 1.807) is 0 Å². The third-order valence-corrected chi connectivity index (χ3v) is 4.89. The molecule has 2 fully saturated rings. The lowest BCUT2D eigenvalue weighted by Crippen LogP contribution is -2.49. The van der Waals surface area contributed by atoms with Gasteiger partial charge in [0, 0.05) is 29.2 Å². The maximum Gasteiger partial charge on any atom is 0.256 e. The number of carbonyl (C=O) groups is 1. The maximum absolute atomic E-state index is 13.0. The van der Waals surface area contributed by atoms with Crippen molar-refractivity contribution in [3.63, 3.8) is 0 Å². The molecule has 0 aliphatic carbocycles. The van der Waals surface area contributed by atoms with E-state index in [-0.39, 0.29) is 18.0 Å². The molecule has 3 heterocycles. The Morgan fingerprint density at radius 1 is 1.29 bits per heavy atom. The van der Waals surface area contributed by atoms with Crippen molar-refractivity contribution in [2.75, 3.05) is 13.2 Å². The summed E-state index contributed by atoms with van der Waals surface area (Å²) in [4.78, 5) is 15.0. The first kappa shape index (κ1) is 13.2. The first-order valence-corrected chi connectivity index (χ1v) is 7.68. The Morgan fingerprint density at radius 2 is 2.00 bits per heavy atom. The van der Waals surface area contributed by atoms with Gasteiger partial charge < -0.3 is 14.2 Å². The smallest absolute Gasteiger partial charge is 0.256 e. The normalized spacial score (nSPS) is 24.8. The minimum Gasteiger partial charge on any atom is -0.377 e. The fraction of sp³-hybridized carbons (Fsp3) is 0.438. The van der Waals surface area contributed by atoms with Crippen LogP contribution in [0.4, 0.5) is 0 Å². The number of ether oxygens (including phenoxy) is 1. The summed E-state index contributed by atoms with van der Waals surface area (Å²) in [6.45, 7) is 1.32. The van der Waals surface area contributed by atoms with Gasteiger partial charge in [-0.15, -0.1) is 0 Å². The number of nitrogens with zero attached hydrogens (tertiary/aromatic N) is 2. The van der Waals surface area contributed by atoms with Gasteiger partial charge in [0.1, 0.15) is 0 Å². The Hall–Kier alpha value is -1.52. The number of aromatic nitrogens is 1. The predicted molar refractivity (Wildman–Crippen MR) is 81.7 cm³/mol. The van der Waals surface area contributed by atoms with Crippen LogP contribution in [-0.4, -0.2) is 40.7 Å². The zero-order chi connectivity index (χ0) is 14.6. The largest absolute Gasteiger partial charge is 0.377 e. The van der Waals surface area contributed by atoms with Crippen molar-refractivity contribution in [3.05, 3.63) is 35.0 Å². The fourth-order valence-corrected chi connectivity index (χ4v) is 3.81. The van der Waals surface area contributed by atoms with Crippen LogP contribution >= 0.6 is 11.6 Å². The molecule has 4 rings (SSSR count).